The molecule has 1 atom stereocenters. The largest absolute Gasteiger partial charge is 0.908 e. The molecule has 0 spiro atoms. The van der Waals surface area contributed by atoms with Gasteiger partial charge in [0.25, 0.3) is 11.9 Å². The predicted molar refractivity (Wildman–Crippen MR) is 104 cm³/mol. The second-order valence-electron chi connectivity index (χ2n) is 5.99. The topological polar surface area (TPSA) is 102 Å². The van der Waals surface area contributed by atoms with Gasteiger partial charge in [0.05, 0.1) is 10.6 Å². The maximum absolute atomic E-state index is 12.6. The van der Waals surface area contributed by atoms with Gasteiger partial charge in [-0.3, -0.25) is 10.2 Å². The number of nitrogens with one attached hydrogen (secondary N) is 1. The van der Waals surface area contributed by atoms with Crippen molar-refractivity contribution < 1.29 is 28.1 Å². The van der Waals surface area contributed by atoms with Gasteiger partial charge in [0.2, 0.25) is 5.71 Å². The Hall–Kier alpha value is -3.47. The number of hydrogen-bond acceptors (Lipinski definition) is 9. The third-order valence-corrected chi connectivity index (χ3v) is 4.87. The third kappa shape index (κ3) is 3.16. The van der Waals surface area contributed by atoms with Gasteiger partial charge >= 0.3 is 12.9 Å². The minimum atomic E-state index is -2.93. The van der Waals surface area contributed by atoms with Gasteiger partial charge in [0, 0.05) is 13.8 Å². The molecule has 4 rings (SSSR count). The number of nitrogens with zero attached hydrogens (tertiary/aromatic N) is 3. The van der Waals surface area contributed by atoms with E-state index in [-0.39, 0.29) is 11.6 Å². The normalized spacial score (nSPS) is 22.3. The second-order valence-corrected chi connectivity index (χ2v) is 6.94. The molecule has 0 amide bonds. The first kappa shape index (κ1) is 17.9. The lowest BCUT2D eigenvalue weighted by atomic mass is 9.93. The summed E-state index contributed by atoms with van der Waals surface area (Å²) < 4.78 is 17.6. The number of carbonyl (C=O) groups excluding carboxylic acids is 2. The summed E-state index contributed by atoms with van der Waals surface area (Å²) in [5.41, 5.74) is 3.81. The smallest absolute Gasteiger partial charge is 0.562 e. The molecule has 0 saturated heterocycles. The van der Waals surface area contributed by atoms with Gasteiger partial charge in [-0.2, -0.15) is 9.70 Å². The fourth-order valence-electron chi connectivity index (χ4n) is 2.79. The van der Waals surface area contributed by atoms with Crippen LogP contribution in [0.5, 0.6) is 0 Å². The molecule has 1 aromatic carbocycles. The Morgan fingerprint density at radius 1 is 1.25 bits per heavy atom. The Kier molecular flexibility index (Phi) is 4.43. The van der Waals surface area contributed by atoms with Crippen molar-refractivity contribution >= 4 is 53.2 Å². The van der Waals surface area contributed by atoms with Gasteiger partial charge in [0.15, 0.2) is 5.71 Å². The standard InChI is InChI=1S/C17H15BN4O5S/c1-11-15(20-19-13-7-4-3-5-8-13)17(24)27-18(25-12(2)23)22(11)21-16(26-18)14-9-6-10-28-14/h3-10,19H,1-2H3/b20-15+. The molecule has 0 radical (unpaired) electrons. The number of hydrazone groups is 2. The molecule has 28 heavy (non-hydrogen) atoms. The Labute approximate surface area is 164 Å². The fourth-order valence-corrected chi connectivity index (χ4v) is 3.44. The second kappa shape index (κ2) is 6.93. The third-order valence-electron chi connectivity index (χ3n) is 4.01. The summed E-state index contributed by atoms with van der Waals surface area (Å²) in [7, 11) is 0. The van der Waals surface area contributed by atoms with Gasteiger partial charge in [-0.25, -0.2) is 4.79 Å². The highest BCUT2D eigenvalue weighted by molar-refractivity contribution is 7.12. The van der Waals surface area contributed by atoms with Crippen LogP contribution >= 0.6 is 11.3 Å². The molecule has 2 aliphatic heterocycles. The molecule has 3 heterocycles. The summed E-state index contributed by atoms with van der Waals surface area (Å²) in [5.74, 6) is -1.27. The minimum absolute atomic E-state index is 0.00622. The van der Waals surface area contributed by atoms with Crippen molar-refractivity contribution in [3.8, 4) is 0 Å². The lowest BCUT2D eigenvalue weighted by Crippen LogP contribution is -2.61. The minimum Gasteiger partial charge on any atom is -0.562 e. The van der Waals surface area contributed by atoms with Gasteiger partial charge < -0.3 is 14.0 Å². The summed E-state index contributed by atoms with van der Waals surface area (Å²) in [6, 6.07) is 12.7. The SMILES string of the molecule is CC(=O)O[B-]12OC(=O)/C(=N/Nc3ccccc3)C(C)=[N+]1N=C(c1cccs1)O2. The number of para-hydroxylation sites is 1. The Morgan fingerprint density at radius 3 is 2.71 bits per heavy atom. The number of benzene rings is 1. The van der Waals surface area contributed by atoms with Crippen molar-refractivity contribution in [1.82, 2.24) is 0 Å². The van der Waals surface area contributed by atoms with Crippen molar-refractivity contribution in [3.63, 3.8) is 0 Å². The molecule has 11 heteroatoms. The van der Waals surface area contributed by atoms with Crippen LogP contribution in [0.2, 0.25) is 0 Å². The first-order valence-electron chi connectivity index (χ1n) is 8.39. The number of rotatable bonds is 4. The van der Waals surface area contributed by atoms with Crippen LogP contribution in [-0.4, -0.2) is 40.7 Å². The molecule has 142 valence electrons. The summed E-state index contributed by atoms with van der Waals surface area (Å²) >= 11 is 1.39. The number of fused-ring (bicyclic) bond motifs is 1. The highest BCUT2D eigenvalue weighted by atomic mass is 32.1. The van der Waals surface area contributed by atoms with Gasteiger partial charge in [-0.05, 0) is 28.7 Å². The molecule has 0 aliphatic carbocycles. The van der Waals surface area contributed by atoms with E-state index in [0.29, 0.717) is 16.3 Å². The molecule has 0 fully saturated rings. The fraction of sp³-hybridized carbons (Fsp3) is 0.118. The van der Waals surface area contributed by atoms with Gasteiger partial charge in [-0.1, -0.05) is 24.3 Å². The number of carbonyl (C=O) groups is 2. The zero-order valence-corrected chi connectivity index (χ0v) is 15.8. The number of hydrogen-bond donors (Lipinski definition) is 1. The summed E-state index contributed by atoms with van der Waals surface area (Å²) in [4.78, 5) is 24.9. The van der Waals surface area contributed by atoms with Crippen LogP contribution in [-0.2, 0) is 23.6 Å². The quantitative estimate of drug-likeness (QED) is 0.624. The Bertz CT molecular complexity index is 1040. The van der Waals surface area contributed by atoms with Crippen LogP contribution in [0.15, 0.2) is 58.0 Å². The van der Waals surface area contributed by atoms with Crippen LogP contribution in [0.3, 0.4) is 0 Å². The molecule has 1 N–H and O–H groups in total. The molecule has 2 aromatic rings. The average molecular weight is 398 g/mol. The Morgan fingerprint density at radius 2 is 2.04 bits per heavy atom. The van der Waals surface area contributed by atoms with Crippen LogP contribution in [0.25, 0.3) is 0 Å². The Balaban J connectivity index is 1.76. The van der Waals surface area contributed by atoms with E-state index in [2.05, 4.69) is 15.6 Å². The van der Waals surface area contributed by atoms with Crippen molar-refractivity contribution in [2.75, 3.05) is 5.43 Å². The maximum Gasteiger partial charge on any atom is 0.908 e. The van der Waals surface area contributed by atoms with E-state index in [1.165, 1.54) is 22.9 Å². The van der Waals surface area contributed by atoms with Crippen molar-refractivity contribution in [2.24, 2.45) is 10.2 Å². The van der Waals surface area contributed by atoms with Crippen LogP contribution in [0.4, 0.5) is 5.69 Å². The molecule has 2 aliphatic rings. The van der Waals surface area contributed by atoms with E-state index >= 15 is 0 Å². The number of anilines is 1. The van der Waals surface area contributed by atoms with E-state index in [9.17, 15) is 9.59 Å². The molecule has 1 unspecified atom stereocenters. The lowest BCUT2D eigenvalue weighted by molar-refractivity contribution is -0.443. The molecule has 0 saturated carbocycles. The van der Waals surface area contributed by atoms with Crippen LogP contribution < -0.4 is 5.43 Å². The van der Waals surface area contributed by atoms with E-state index in [1.807, 2.05) is 29.6 Å². The van der Waals surface area contributed by atoms with Crippen LogP contribution in [0.1, 0.15) is 18.7 Å². The highest BCUT2D eigenvalue weighted by Gasteiger charge is 2.66. The monoisotopic (exact) mass is 398 g/mol. The van der Waals surface area contributed by atoms with Gasteiger partial charge in [0.1, 0.15) is 0 Å². The predicted octanol–water partition coefficient (Wildman–Crippen LogP) is 1.94. The van der Waals surface area contributed by atoms with E-state index in [0.717, 1.165) is 0 Å². The van der Waals surface area contributed by atoms with E-state index in [4.69, 9.17) is 14.0 Å². The first-order valence-corrected chi connectivity index (χ1v) is 9.27. The molecule has 0 bridgehead atoms. The van der Waals surface area contributed by atoms with Crippen LogP contribution in [0, 0.1) is 0 Å². The van der Waals surface area contributed by atoms with Gasteiger partial charge in [-0.15, -0.1) is 11.3 Å². The molecular formula is C17H15BN4O5S. The van der Waals surface area contributed by atoms with E-state index in [1.54, 1.807) is 25.1 Å². The van der Waals surface area contributed by atoms with E-state index < -0.39 is 18.8 Å². The average Bonchev–Trinajstić information content (AvgIpc) is 3.30. The molecule has 1 aromatic heterocycles. The summed E-state index contributed by atoms with van der Waals surface area (Å²) in [5, 5.41) is 10.3. The first-order chi connectivity index (χ1) is 13.5. The molecule has 9 nitrogen and oxygen atoms in total. The zero-order valence-electron chi connectivity index (χ0n) is 15.0. The summed E-state index contributed by atoms with van der Waals surface area (Å²) in [6.07, 6.45) is 0. The zero-order chi connectivity index (χ0) is 19.7. The van der Waals surface area contributed by atoms with Crippen molar-refractivity contribution in [1.29, 1.82) is 0 Å². The number of thiophene rings is 1. The maximum atomic E-state index is 12.6. The molecular weight excluding hydrogens is 383 g/mol. The summed E-state index contributed by atoms with van der Waals surface area (Å²) in [6.45, 7) is -0.111. The van der Waals surface area contributed by atoms with Crippen molar-refractivity contribution in [2.45, 2.75) is 13.8 Å². The van der Waals surface area contributed by atoms with Crippen molar-refractivity contribution in [3.05, 3.63) is 52.7 Å². The highest BCUT2D eigenvalue weighted by Crippen LogP contribution is 2.27. The lowest BCUT2D eigenvalue weighted by Gasteiger charge is -2.30.